The van der Waals surface area contributed by atoms with Crippen LogP contribution < -0.4 is 10.6 Å². The number of rotatable bonds is 8. The summed E-state index contributed by atoms with van der Waals surface area (Å²) in [5.74, 6) is -5.13. The molecule has 0 aromatic heterocycles. The van der Waals surface area contributed by atoms with Gasteiger partial charge in [0.2, 0.25) is 0 Å². The Bertz CT molecular complexity index is 1900. The molecule has 0 aliphatic rings. The van der Waals surface area contributed by atoms with Crippen molar-refractivity contribution in [3.05, 3.63) is 133 Å². The number of ketones is 1. The number of alkyl halides is 3. The average Bonchev–Trinajstić information content (AvgIpc) is 3.00. The highest BCUT2D eigenvalue weighted by Crippen LogP contribution is 2.44. The number of carbonyl (C=O) groups is 4. The van der Waals surface area contributed by atoms with E-state index in [1.807, 2.05) is 6.92 Å². The number of amides is 2. The summed E-state index contributed by atoms with van der Waals surface area (Å²) in [5, 5.41) is 14.9. The molecule has 0 aliphatic carbocycles. The van der Waals surface area contributed by atoms with Crippen molar-refractivity contribution in [2.45, 2.75) is 46.7 Å². The van der Waals surface area contributed by atoms with E-state index in [9.17, 15) is 37.5 Å². The number of nitrogens with one attached hydrogen (secondary N) is 2. The van der Waals surface area contributed by atoms with Gasteiger partial charge in [0.1, 0.15) is 5.92 Å². The summed E-state index contributed by atoms with van der Waals surface area (Å²) < 4.78 is 43.8. The van der Waals surface area contributed by atoms with Gasteiger partial charge in [-0.15, -0.1) is 0 Å². The molecular formula is C36H33F3N2O5. The number of carbonyl (C=O) groups excluding carboxylic acids is 3. The van der Waals surface area contributed by atoms with Crippen LogP contribution in [0.2, 0.25) is 0 Å². The largest absolute Gasteiger partial charge is 0.478 e. The van der Waals surface area contributed by atoms with Gasteiger partial charge >= 0.3 is 12.1 Å². The summed E-state index contributed by atoms with van der Waals surface area (Å²) in [4.78, 5) is 50.8. The smallest absolute Gasteiger partial charge is 0.399 e. The van der Waals surface area contributed by atoms with E-state index in [1.165, 1.54) is 56.4 Å². The van der Waals surface area contributed by atoms with Gasteiger partial charge < -0.3 is 15.7 Å². The third-order valence-corrected chi connectivity index (χ3v) is 8.06. The fourth-order valence-corrected chi connectivity index (χ4v) is 5.46. The lowest BCUT2D eigenvalue weighted by Gasteiger charge is -2.26. The molecule has 1 atom stereocenters. The molecule has 2 amide bonds. The minimum Gasteiger partial charge on any atom is -0.478 e. The molecule has 0 saturated carbocycles. The normalized spacial score (nSPS) is 11.9. The van der Waals surface area contributed by atoms with Crippen molar-refractivity contribution in [1.82, 2.24) is 5.32 Å². The Morgan fingerprint density at radius 2 is 1.22 bits per heavy atom. The first-order chi connectivity index (χ1) is 21.5. The zero-order valence-electron chi connectivity index (χ0n) is 26.1. The molecule has 4 rings (SSSR count). The maximum atomic E-state index is 14.6. The van der Waals surface area contributed by atoms with E-state index in [-0.39, 0.29) is 50.2 Å². The van der Waals surface area contributed by atoms with Crippen LogP contribution in [0, 0.1) is 34.6 Å². The molecule has 4 aromatic rings. The van der Waals surface area contributed by atoms with Crippen molar-refractivity contribution in [2.24, 2.45) is 0 Å². The second-order valence-electron chi connectivity index (χ2n) is 11.3. The molecule has 0 fully saturated rings. The third-order valence-electron chi connectivity index (χ3n) is 8.06. The molecule has 238 valence electrons. The van der Waals surface area contributed by atoms with E-state index in [1.54, 1.807) is 32.9 Å². The highest BCUT2D eigenvalue weighted by Gasteiger charge is 2.43. The predicted octanol–water partition coefficient (Wildman–Crippen LogP) is 7.46. The molecule has 0 heterocycles. The summed E-state index contributed by atoms with van der Waals surface area (Å²) in [6, 6.07) is 15.6. The van der Waals surface area contributed by atoms with E-state index in [0.29, 0.717) is 11.1 Å². The summed E-state index contributed by atoms with van der Waals surface area (Å²) in [5.41, 5.74) is 2.81. The lowest BCUT2D eigenvalue weighted by Crippen LogP contribution is -2.24. The van der Waals surface area contributed by atoms with Crippen molar-refractivity contribution in [1.29, 1.82) is 0 Å². The Kier molecular flexibility index (Phi) is 9.51. The fourth-order valence-electron chi connectivity index (χ4n) is 5.46. The Hall–Kier alpha value is -5.25. The number of anilines is 1. The molecule has 0 bridgehead atoms. The van der Waals surface area contributed by atoms with E-state index in [4.69, 9.17) is 0 Å². The van der Waals surface area contributed by atoms with Crippen LogP contribution in [0.4, 0.5) is 18.9 Å². The lowest BCUT2D eigenvalue weighted by molar-refractivity contribution is -0.141. The van der Waals surface area contributed by atoms with Crippen molar-refractivity contribution in [2.75, 3.05) is 12.4 Å². The van der Waals surface area contributed by atoms with E-state index in [2.05, 4.69) is 10.6 Å². The minimum absolute atomic E-state index is 0.00392. The number of aryl methyl sites for hydroxylation is 5. The van der Waals surface area contributed by atoms with Crippen LogP contribution in [0.25, 0.3) is 0 Å². The summed E-state index contributed by atoms with van der Waals surface area (Å²) in [7, 11) is 1.45. The third kappa shape index (κ3) is 6.86. The highest BCUT2D eigenvalue weighted by molar-refractivity contribution is 6.15. The van der Waals surface area contributed by atoms with Crippen molar-refractivity contribution < 1.29 is 37.5 Å². The van der Waals surface area contributed by atoms with Crippen LogP contribution in [-0.4, -0.2) is 41.9 Å². The van der Waals surface area contributed by atoms with Crippen LogP contribution in [0.1, 0.15) is 91.9 Å². The molecule has 1 unspecified atom stereocenters. The maximum absolute atomic E-state index is 14.6. The van der Waals surface area contributed by atoms with Crippen molar-refractivity contribution in [3.8, 4) is 0 Å². The van der Waals surface area contributed by atoms with Crippen LogP contribution in [0.3, 0.4) is 0 Å². The first kappa shape index (κ1) is 33.6. The standard InChI is InChI=1S/C36H33F3N2O5/c1-18-12-20(3)27(13-19(18)2)31(36(37,38)39)28-14-22(5)30(15-21(28)4)41-34(44)29-17-24(10-11-26(29)35(45)46)32(42)23-8-7-9-25(16-23)33(43)40-6/h7-17,31H,1-6H3,(H,40,43)(H,41,44)(H,45,46). The number of carboxylic acid groups (broad SMARTS) is 1. The zero-order valence-corrected chi connectivity index (χ0v) is 26.1. The lowest BCUT2D eigenvalue weighted by atomic mass is 9.83. The predicted molar refractivity (Wildman–Crippen MR) is 169 cm³/mol. The molecule has 0 spiro atoms. The molecule has 7 nitrogen and oxygen atoms in total. The number of benzene rings is 4. The van der Waals surface area contributed by atoms with Crippen molar-refractivity contribution >= 4 is 29.3 Å². The monoisotopic (exact) mass is 630 g/mol. The second-order valence-corrected chi connectivity index (χ2v) is 11.3. The number of carboxylic acids is 1. The number of hydrogen-bond acceptors (Lipinski definition) is 4. The fraction of sp³-hybridized carbons (Fsp3) is 0.222. The number of halogens is 3. The number of aromatic carboxylic acids is 1. The van der Waals surface area contributed by atoms with Gasteiger partial charge in [-0.25, -0.2) is 4.79 Å². The Labute approximate surface area is 264 Å². The SMILES string of the molecule is CNC(=O)c1cccc(C(=O)c2ccc(C(=O)O)c(C(=O)Nc3cc(C)c(C(c4cc(C)c(C)cc4C)C(F)(F)F)cc3C)c2)c1. The molecule has 46 heavy (non-hydrogen) atoms. The van der Waals surface area contributed by atoms with Gasteiger partial charge in [0, 0.05) is 29.4 Å². The van der Waals surface area contributed by atoms with Crippen LogP contribution in [-0.2, 0) is 0 Å². The van der Waals surface area contributed by atoms with Gasteiger partial charge in [-0.2, -0.15) is 13.2 Å². The first-order valence-electron chi connectivity index (χ1n) is 14.3. The minimum atomic E-state index is -4.60. The molecule has 0 radical (unpaired) electrons. The molecule has 3 N–H and O–H groups in total. The van der Waals surface area contributed by atoms with Gasteiger partial charge in [-0.3, -0.25) is 14.4 Å². The van der Waals surface area contributed by atoms with Gasteiger partial charge in [0.05, 0.1) is 11.1 Å². The van der Waals surface area contributed by atoms with Gasteiger partial charge in [0.25, 0.3) is 11.8 Å². The number of hydrogen-bond donors (Lipinski definition) is 3. The Morgan fingerprint density at radius 1 is 0.652 bits per heavy atom. The van der Waals surface area contributed by atoms with Crippen LogP contribution >= 0.6 is 0 Å². The Morgan fingerprint density at radius 3 is 1.83 bits per heavy atom. The maximum Gasteiger partial charge on any atom is 0.399 e. The first-order valence-corrected chi connectivity index (χ1v) is 14.3. The average molecular weight is 631 g/mol. The van der Waals surface area contributed by atoms with Crippen LogP contribution in [0.15, 0.2) is 66.7 Å². The summed E-state index contributed by atoms with van der Waals surface area (Å²) in [6.45, 7) is 8.33. The second kappa shape index (κ2) is 13.0. The van der Waals surface area contributed by atoms with Gasteiger partial charge in [0.15, 0.2) is 5.78 Å². The van der Waals surface area contributed by atoms with Crippen molar-refractivity contribution in [3.63, 3.8) is 0 Å². The zero-order chi connectivity index (χ0) is 34.1. The van der Waals surface area contributed by atoms with E-state index < -0.39 is 35.7 Å². The summed E-state index contributed by atoms with van der Waals surface area (Å²) >= 11 is 0. The van der Waals surface area contributed by atoms with Crippen LogP contribution in [0.5, 0.6) is 0 Å². The molecule has 0 saturated heterocycles. The quantitative estimate of drug-likeness (QED) is 0.175. The van der Waals surface area contributed by atoms with E-state index in [0.717, 1.165) is 23.3 Å². The van der Waals surface area contributed by atoms with Gasteiger partial charge in [-0.1, -0.05) is 36.4 Å². The topological polar surface area (TPSA) is 113 Å². The molecule has 0 aliphatic heterocycles. The Balaban J connectivity index is 1.72. The molecule has 10 heteroatoms. The highest BCUT2D eigenvalue weighted by atomic mass is 19.4. The van der Waals surface area contributed by atoms with Gasteiger partial charge in [-0.05, 0) is 104 Å². The molecule has 4 aromatic carbocycles. The van der Waals surface area contributed by atoms with E-state index >= 15 is 0 Å². The summed E-state index contributed by atoms with van der Waals surface area (Å²) in [6.07, 6.45) is -4.60. The molecular weight excluding hydrogens is 597 g/mol.